The fraction of sp³-hybridized carbons (Fsp3) is 0. The molecule has 3 N–H and O–H groups in total. The Kier molecular flexibility index (Phi) is 2.68. The van der Waals surface area contributed by atoms with E-state index in [0.717, 1.165) is 11.3 Å². The van der Waals surface area contributed by atoms with Gasteiger partial charge in [0.15, 0.2) is 0 Å². The fourth-order valence-electron chi connectivity index (χ4n) is 1.97. The average molecular weight is 252 g/mol. The standard InChI is InChI=1S/C15H12N2O2/c18-11-5-3-4-10(8-11)13-9-14(17-16-13)12-6-1-2-7-15(12)19/h1-9,18-19H,(H,16,17). The molecular formula is C15H12N2O2. The zero-order valence-electron chi connectivity index (χ0n) is 10.0. The number of hydrogen-bond acceptors (Lipinski definition) is 3. The number of phenols is 2. The van der Waals surface area contributed by atoms with E-state index in [2.05, 4.69) is 10.2 Å². The maximum absolute atomic E-state index is 9.80. The van der Waals surface area contributed by atoms with Gasteiger partial charge in [-0.1, -0.05) is 24.3 Å². The average Bonchev–Trinajstić information content (AvgIpc) is 2.89. The van der Waals surface area contributed by atoms with Gasteiger partial charge in [0, 0.05) is 11.1 Å². The molecule has 19 heavy (non-hydrogen) atoms. The first-order valence-electron chi connectivity index (χ1n) is 5.87. The van der Waals surface area contributed by atoms with Gasteiger partial charge in [0.05, 0.1) is 11.4 Å². The highest BCUT2D eigenvalue weighted by atomic mass is 16.3. The normalized spacial score (nSPS) is 10.5. The van der Waals surface area contributed by atoms with Crippen LogP contribution in [0.1, 0.15) is 0 Å². The predicted molar refractivity (Wildman–Crippen MR) is 72.8 cm³/mol. The Balaban J connectivity index is 2.03. The zero-order valence-corrected chi connectivity index (χ0v) is 10.0. The van der Waals surface area contributed by atoms with Crippen molar-refractivity contribution in [3.8, 4) is 34.0 Å². The molecule has 0 aliphatic carbocycles. The lowest BCUT2D eigenvalue weighted by molar-refractivity contribution is 0.475. The van der Waals surface area contributed by atoms with E-state index in [1.807, 2.05) is 24.3 Å². The highest BCUT2D eigenvalue weighted by Crippen LogP contribution is 2.30. The Bertz CT molecular complexity index is 719. The number of aromatic hydroxyl groups is 2. The highest BCUT2D eigenvalue weighted by Gasteiger charge is 2.09. The molecule has 0 amide bonds. The molecular weight excluding hydrogens is 240 g/mol. The summed E-state index contributed by atoms with van der Waals surface area (Å²) in [6.45, 7) is 0. The van der Waals surface area contributed by atoms with E-state index in [4.69, 9.17) is 0 Å². The van der Waals surface area contributed by atoms with Crippen LogP contribution >= 0.6 is 0 Å². The second-order valence-corrected chi connectivity index (χ2v) is 4.23. The SMILES string of the molecule is Oc1cccc(-c2cc(-c3ccccc3O)[nH]n2)c1. The molecule has 2 aromatic carbocycles. The molecule has 0 aliphatic rings. The first-order chi connectivity index (χ1) is 9.24. The minimum Gasteiger partial charge on any atom is -0.508 e. The van der Waals surface area contributed by atoms with E-state index < -0.39 is 0 Å². The van der Waals surface area contributed by atoms with Gasteiger partial charge in [-0.25, -0.2) is 0 Å². The van der Waals surface area contributed by atoms with Crippen molar-refractivity contribution >= 4 is 0 Å². The highest BCUT2D eigenvalue weighted by molar-refractivity contribution is 5.72. The molecule has 0 radical (unpaired) electrons. The number of hydrogen-bond donors (Lipinski definition) is 3. The predicted octanol–water partition coefficient (Wildman–Crippen LogP) is 3.15. The van der Waals surface area contributed by atoms with Gasteiger partial charge in [-0.05, 0) is 30.3 Å². The summed E-state index contributed by atoms with van der Waals surface area (Å²) in [6, 6.07) is 15.8. The Labute approximate surface area is 110 Å². The van der Waals surface area contributed by atoms with E-state index >= 15 is 0 Å². The van der Waals surface area contributed by atoms with Crippen LogP contribution in [0.15, 0.2) is 54.6 Å². The van der Waals surface area contributed by atoms with Crippen molar-refractivity contribution in [1.29, 1.82) is 0 Å². The number of benzene rings is 2. The number of phenolic OH excluding ortho intramolecular Hbond substituents is 2. The van der Waals surface area contributed by atoms with Gasteiger partial charge in [-0.2, -0.15) is 5.10 Å². The summed E-state index contributed by atoms with van der Waals surface area (Å²) < 4.78 is 0. The smallest absolute Gasteiger partial charge is 0.124 e. The van der Waals surface area contributed by atoms with E-state index in [9.17, 15) is 10.2 Å². The third-order valence-corrected chi connectivity index (χ3v) is 2.91. The van der Waals surface area contributed by atoms with E-state index in [0.29, 0.717) is 11.3 Å². The third-order valence-electron chi connectivity index (χ3n) is 2.91. The number of H-pyrrole nitrogens is 1. The Morgan fingerprint density at radius 2 is 1.74 bits per heavy atom. The number of para-hydroxylation sites is 1. The first kappa shape index (κ1) is 11.3. The minimum absolute atomic E-state index is 0.199. The van der Waals surface area contributed by atoms with Crippen LogP contribution in [0.3, 0.4) is 0 Å². The molecule has 3 rings (SSSR count). The number of nitrogens with one attached hydrogen (secondary N) is 1. The summed E-state index contributed by atoms with van der Waals surface area (Å²) in [5.74, 6) is 0.401. The summed E-state index contributed by atoms with van der Waals surface area (Å²) in [7, 11) is 0. The molecule has 94 valence electrons. The Morgan fingerprint density at radius 3 is 2.53 bits per heavy atom. The minimum atomic E-state index is 0.199. The van der Waals surface area contributed by atoms with Crippen LogP contribution in [-0.2, 0) is 0 Å². The number of rotatable bonds is 2. The van der Waals surface area contributed by atoms with Crippen LogP contribution in [0.2, 0.25) is 0 Å². The van der Waals surface area contributed by atoms with Crippen molar-refractivity contribution in [3.05, 3.63) is 54.6 Å². The molecule has 4 nitrogen and oxygen atoms in total. The molecule has 0 spiro atoms. The Morgan fingerprint density at radius 1 is 0.895 bits per heavy atom. The fourth-order valence-corrected chi connectivity index (χ4v) is 1.97. The Hall–Kier alpha value is -2.75. The molecule has 0 bridgehead atoms. The lowest BCUT2D eigenvalue weighted by Crippen LogP contribution is -1.78. The maximum Gasteiger partial charge on any atom is 0.124 e. The van der Waals surface area contributed by atoms with Gasteiger partial charge in [0.25, 0.3) is 0 Å². The molecule has 0 atom stereocenters. The van der Waals surface area contributed by atoms with Crippen molar-refractivity contribution in [3.63, 3.8) is 0 Å². The van der Waals surface area contributed by atoms with Gasteiger partial charge < -0.3 is 10.2 Å². The summed E-state index contributed by atoms with van der Waals surface area (Å²) in [4.78, 5) is 0. The number of aromatic amines is 1. The van der Waals surface area contributed by atoms with E-state index in [1.54, 1.807) is 30.3 Å². The summed E-state index contributed by atoms with van der Waals surface area (Å²) >= 11 is 0. The molecule has 1 heterocycles. The largest absolute Gasteiger partial charge is 0.508 e. The lowest BCUT2D eigenvalue weighted by Gasteiger charge is -1.99. The van der Waals surface area contributed by atoms with Crippen molar-refractivity contribution < 1.29 is 10.2 Å². The van der Waals surface area contributed by atoms with Crippen LogP contribution < -0.4 is 0 Å². The quantitative estimate of drug-likeness (QED) is 0.656. The zero-order chi connectivity index (χ0) is 13.2. The molecule has 0 aliphatic heterocycles. The van der Waals surface area contributed by atoms with Crippen molar-refractivity contribution in [2.45, 2.75) is 0 Å². The van der Waals surface area contributed by atoms with Crippen LogP contribution in [0.25, 0.3) is 22.5 Å². The number of nitrogens with zero attached hydrogens (tertiary/aromatic N) is 1. The van der Waals surface area contributed by atoms with Gasteiger partial charge >= 0.3 is 0 Å². The molecule has 4 heteroatoms. The van der Waals surface area contributed by atoms with Gasteiger partial charge in [-0.3, -0.25) is 5.10 Å². The molecule has 1 aromatic heterocycles. The van der Waals surface area contributed by atoms with E-state index in [-0.39, 0.29) is 11.5 Å². The van der Waals surface area contributed by atoms with Crippen molar-refractivity contribution in [2.24, 2.45) is 0 Å². The van der Waals surface area contributed by atoms with Gasteiger partial charge in [-0.15, -0.1) is 0 Å². The first-order valence-corrected chi connectivity index (χ1v) is 5.87. The van der Waals surface area contributed by atoms with E-state index in [1.165, 1.54) is 0 Å². The van der Waals surface area contributed by atoms with Gasteiger partial charge in [0.2, 0.25) is 0 Å². The van der Waals surface area contributed by atoms with Crippen LogP contribution in [-0.4, -0.2) is 20.4 Å². The third kappa shape index (κ3) is 2.15. The monoisotopic (exact) mass is 252 g/mol. The van der Waals surface area contributed by atoms with Crippen LogP contribution in [0.5, 0.6) is 11.5 Å². The molecule has 0 saturated heterocycles. The molecule has 0 unspecified atom stereocenters. The molecule has 0 fully saturated rings. The van der Waals surface area contributed by atoms with Crippen LogP contribution in [0.4, 0.5) is 0 Å². The van der Waals surface area contributed by atoms with Crippen LogP contribution in [0, 0.1) is 0 Å². The lowest BCUT2D eigenvalue weighted by atomic mass is 10.1. The van der Waals surface area contributed by atoms with Crippen molar-refractivity contribution in [2.75, 3.05) is 0 Å². The molecule has 3 aromatic rings. The van der Waals surface area contributed by atoms with Crippen molar-refractivity contribution in [1.82, 2.24) is 10.2 Å². The second-order valence-electron chi connectivity index (χ2n) is 4.23. The topological polar surface area (TPSA) is 69.1 Å². The van der Waals surface area contributed by atoms with Gasteiger partial charge in [0.1, 0.15) is 11.5 Å². The summed E-state index contributed by atoms with van der Waals surface area (Å²) in [5.41, 5.74) is 2.96. The maximum atomic E-state index is 9.80. The summed E-state index contributed by atoms with van der Waals surface area (Å²) in [6.07, 6.45) is 0. The second kappa shape index (κ2) is 4.49. The molecule has 0 saturated carbocycles. The summed E-state index contributed by atoms with van der Waals surface area (Å²) in [5, 5.41) is 26.4. The number of aromatic nitrogens is 2.